The van der Waals surface area contributed by atoms with E-state index in [2.05, 4.69) is 46.7 Å². The summed E-state index contributed by atoms with van der Waals surface area (Å²) in [6, 6.07) is 2.19. The number of hydrogen-bond acceptors (Lipinski definition) is 4. The van der Waals surface area contributed by atoms with Gasteiger partial charge in [-0.05, 0) is 19.9 Å². The van der Waals surface area contributed by atoms with E-state index in [0.717, 1.165) is 30.5 Å². The van der Waals surface area contributed by atoms with E-state index in [9.17, 15) is 0 Å². The molecule has 0 aliphatic heterocycles. The van der Waals surface area contributed by atoms with Gasteiger partial charge in [-0.2, -0.15) is 0 Å². The van der Waals surface area contributed by atoms with E-state index in [1.165, 1.54) is 17.0 Å². The summed E-state index contributed by atoms with van der Waals surface area (Å²) >= 11 is 1.62. The van der Waals surface area contributed by atoms with E-state index in [4.69, 9.17) is 4.74 Å². The number of thiazole rings is 1. The summed E-state index contributed by atoms with van der Waals surface area (Å²) in [4.78, 5) is 4.63. The smallest absolute Gasteiger partial charge is 0.183 e. The molecule has 0 aliphatic carbocycles. The highest BCUT2D eigenvalue weighted by molar-refractivity contribution is 7.14. The van der Waals surface area contributed by atoms with Gasteiger partial charge in [0.1, 0.15) is 0 Å². The fourth-order valence-electron chi connectivity index (χ4n) is 2.23. The zero-order chi connectivity index (χ0) is 14.5. The van der Waals surface area contributed by atoms with Crippen molar-refractivity contribution in [1.29, 1.82) is 0 Å². The van der Waals surface area contributed by atoms with Gasteiger partial charge in [0, 0.05) is 42.5 Å². The molecule has 0 aliphatic rings. The van der Waals surface area contributed by atoms with Gasteiger partial charge < -0.3 is 14.6 Å². The Labute approximate surface area is 124 Å². The maximum absolute atomic E-state index is 5.17. The second-order valence-electron chi connectivity index (χ2n) is 4.64. The normalized spacial score (nSPS) is 10.8. The van der Waals surface area contributed by atoms with Crippen LogP contribution in [0, 0.1) is 13.8 Å². The molecule has 0 unspecified atom stereocenters. The van der Waals surface area contributed by atoms with E-state index in [-0.39, 0.29) is 0 Å². The number of aromatic nitrogens is 2. The maximum Gasteiger partial charge on any atom is 0.183 e. The van der Waals surface area contributed by atoms with Crippen molar-refractivity contribution in [2.75, 3.05) is 25.6 Å². The molecule has 2 rings (SSSR count). The molecule has 1 N–H and O–H groups in total. The summed E-state index contributed by atoms with van der Waals surface area (Å²) in [5.41, 5.74) is 4.70. The summed E-state index contributed by atoms with van der Waals surface area (Å²) in [5.74, 6) is 0. The zero-order valence-corrected chi connectivity index (χ0v) is 13.1. The van der Waals surface area contributed by atoms with E-state index in [1.807, 2.05) is 6.08 Å². The molecule has 0 aromatic carbocycles. The molecule has 0 fully saturated rings. The van der Waals surface area contributed by atoms with Crippen molar-refractivity contribution in [3.63, 3.8) is 0 Å². The summed E-state index contributed by atoms with van der Waals surface area (Å²) < 4.78 is 7.44. The third kappa shape index (κ3) is 3.11. The van der Waals surface area contributed by atoms with Gasteiger partial charge in [-0.25, -0.2) is 4.98 Å². The van der Waals surface area contributed by atoms with Gasteiger partial charge >= 0.3 is 0 Å². The number of hydrogen-bond donors (Lipinski definition) is 1. The third-order valence-corrected chi connectivity index (χ3v) is 4.07. The molecule has 4 nitrogen and oxygen atoms in total. The van der Waals surface area contributed by atoms with E-state index in [1.54, 1.807) is 18.4 Å². The van der Waals surface area contributed by atoms with Crippen molar-refractivity contribution < 1.29 is 4.74 Å². The monoisotopic (exact) mass is 291 g/mol. The topological polar surface area (TPSA) is 39.1 Å². The van der Waals surface area contributed by atoms with Crippen molar-refractivity contribution >= 4 is 16.5 Å². The minimum absolute atomic E-state index is 0.721. The van der Waals surface area contributed by atoms with Crippen LogP contribution in [0.25, 0.3) is 11.3 Å². The Hall–Kier alpha value is -1.59. The molecule has 5 heteroatoms. The minimum Gasteiger partial charge on any atom is -0.383 e. The van der Waals surface area contributed by atoms with Crippen LogP contribution in [0.3, 0.4) is 0 Å². The Morgan fingerprint density at radius 1 is 1.50 bits per heavy atom. The molecule has 20 heavy (non-hydrogen) atoms. The highest BCUT2D eigenvalue weighted by atomic mass is 32.1. The molecule has 0 atom stereocenters. The lowest BCUT2D eigenvalue weighted by Crippen LogP contribution is -2.07. The van der Waals surface area contributed by atoms with Gasteiger partial charge in [-0.1, -0.05) is 6.08 Å². The van der Waals surface area contributed by atoms with Gasteiger partial charge in [0.15, 0.2) is 5.13 Å². The quantitative estimate of drug-likeness (QED) is 0.794. The zero-order valence-electron chi connectivity index (χ0n) is 12.3. The Bertz CT molecular complexity index is 586. The van der Waals surface area contributed by atoms with Crippen LogP contribution in [-0.2, 0) is 11.3 Å². The predicted molar refractivity (Wildman–Crippen MR) is 85.6 cm³/mol. The summed E-state index contributed by atoms with van der Waals surface area (Å²) in [5, 5.41) is 6.25. The second kappa shape index (κ2) is 6.72. The fraction of sp³-hybridized carbons (Fsp3) is 0.400. The second-order valence-corrected chi connectivity index (χ2v) is 5.49. The molecule has 0 radical (unpaired) electrons. The van der Waals surface area contributed by atoms with Crippen LogP contribution in [0.15, 0.2) is 24.1 Å². The largest absolute Gasteiger partial charge is 0.383 e. The highest BCUT2D eigenvalue weighted by Gasteiger charge is 2.13. The average Bonchev–Trinajstić information content (AvgIpc) is 3.00. The van der Waals surface area contributed by atoms with Crippen LogP contribution in [-0.4, -0.2) is 29.8 Å². The molecule has 108 valence electrons. The van der Waals surface area contributed by atoms with Crippen LogP contribution in [0.2, 0.25) is 0 Å². The van der Waals surface area contributed by atoms with Crippen molar-refractivity contribution in [3.05, 3.63) is 35.5 Å². The molecule has 2 heterocycles. The average molecular weight is 291 g/mol. The van der Waals surface area contributed by atoms with Crippen LogP contribution in [0.5, 0.6) is 0 Å². The van der Waals surface area contributed by atoms with Gasteiger partial charge in [-0.3, -0.25) is 0 Å². The van der Waals surface area contributed by atoms with Crippen molar-refractivity contribution in [1.82, 2.24) is 9.55 Å². The fourth-order valence-corrected chi connectivity index (χ4v) is 2.95. The molecule has 2 aromatic rings. The number of ether oxygens (including phenoxy) is 1. The van der Waals surface area contributed by atoms with Crippen LogP contribution >= 0.6 is 11.3 Å². The van der Waals surface area contributed by atoms with Gasteiger partial charge in [-0.15, -0.1) is 17.9 Å². The summed E-state index contributed by atoms with van der Waals surface area (Å²) in [6.45, 7) is 10.3. The summed E-state index contributed by atoms with van der Waals surface area (Å²) in [6.07, 6.45) is 1.83. The Balaban J connectivity index is 2.24. The van der Waals surface area contributed by atoms with E-state index in [0.29, 0.717) is 0 Å². The summed E-state index contributed by atoms with van der Waals surface area (Å²) in [7, 11) is 1.73. The van der Waals surface area contributed by atoms with Crippen molar-refractivity contribution in [2.45, 2.75) is 20.4 Å². The van der Waals surface area contributed by atoms with E-state index >= 15 is 0 Å². The third-order valence-electron chi connectivity index (χ3n) is 3.27. The Morgan fingerprint density at radius 2 is 2.30 bits per heavy atom. The van der Waals surface area contributed by atoms with Gasteiger partial charge in [0.2, 0.25) is 0 Å². The predicted octanol–water partition coefficient (Wildman–Crippen LogP) is 3.47. The lowest BCUT2D eigenvalue weighted by atomic mass is 10.2. The Morgan fingerprint density at radius 3 is 3.00 bits per heavy atom. The standard InChI is InChI=1S/C15H21N3OS/c1-5-6-16-15-17-14(10-20-15)13-9-11(2)18(12(13)3)7-8-19-4/h5,9-10H,1,6-8H2,2-4H3,(H,16,17). The molecule has 0 saturated heterocycles. The number of nitrogens with zero attached hydrogens (tertiary/aromatic N) is 2. The van der Waals surface area contributed by atoms with Crippen LogP contribution in [0.4, 0.5) is 5.13 Å². The first-order chi connectivity index (χ1) is 9.67. The number of methoxy groups -OCH3 is 1. The molecular weight excluding hydrogens is 270 g/mol. The lowest BCUT2D eigenvalue weighted by molar-refractivity contribution is 0.186. The van der Waals surface area contributed by atoms with Gasteiger partial charge in [0.05, 0.1) is 12.3 Å². The number of aryl methyl sites for hydroxylation is 1. The molecule has 0 spiro atoms. The maximum atomic E-state index is 5.17. The van der Waals surface area contributed by atoms with Gasteiger partial charge in [0.25, 0.3) is 0 Å². The molecule has 0 bridgehead atoms. The molecule has 2 aromatic heterocycles. The number of anilines is 1. The molecule has 0 saturated carbocycles. The SMILES string of the molecule is C=CCNc1nc(-c2cc(C)n(CCOC)c2C)cs1. The highest BCUT2D eigenvalue weighted by Crippen LogP contribution is 2.29. The first kappa shape index (κ1) is 14.8. The van der Waals surface area contributed by atoms with Crippen LogP contribution in [0.1, 0.15) is 11.4 Å². The molecular formula is C15H21N3OS. The first-order valence-electron chi connectivity index (χ1n) is 6.63. The van der Waals surface area contributed by atoms with E-state index < -0.39 is 0 Å². The van der Waals surface area contributed by atoms with Crippen molar-refractivity contribution in [3.8, 4) is 11.3 Å². The van der Waals surface area contributed by atoms with Crippen LogP contribution < -0.4 is 5.32 Å². The molecule has 0 amide bonds. The number of nitrogens with one attached hydrogen (secondary N) is 1. The first-order valence-corrected chi connectivity index (χ1v) is 7.51. The number of rotatable bonds is 7. The lowest BCUT2D eigenvalue weighted by Gasteiger charge is -2.08. The minimum atomic E-state index is 0.721. The van der Waals surface area contributed by atoms with Crippen molar-refractivity contribution in [2.24, 2.45) is 0 Å². The Kier molecular flexibility index (Phi) is 4.98.